The molecule has 2 rings (SSSR count). The van der Waals surface area contributed by atoms with Crippen molar-refractivity contribution in [3.63, 3.8) is 0 Å². The number of ether oxygens (including phenoxy) is 2. The van der Waals surface area contributed by atoms with Crippen molar-refractivity contribution in [1.29, 1.82) is 0 Å². The molecule has 1 heterocycles. The third-order valence-electron chi connectivity index (χ3n) is 4.22. The molecule has 2 amide bonds. The van der Waals surface area contributed by atoms with Crippen LogP contribution in [-0.4, -0.2) is 73.5 Å². The van der Waals surface area contributed by atoms with Crippen LogP contribution >= 0.6 is 11.8 Å². The Morgan fingerprint density at radius 1 is 1.08 bits per heavy atom. The lowest BCUT2D eigenvalue weighted by Gasteiger charge is -2.36. The summed E-state index contributed by atoms with van der Waals surface area (Å²) >= 11 is 1.54. The van der Waals surface area contributed by atoms with E-state index in [1.165, 1.54) is 18.9 Å². The molecule has 0 saturated carbocycles. The number of carbonyl (C=O) groups excluding carboxylic acids is 2. The van der Waals surface area contributed by atoms with Crippen molar-refractivity contribution in [2.75, 3.05) is 46.7 Å². The first-order valence-electron chi connectivity index (χ1n) is 7.84. The molecule has 0 unspecified atom stereocenters. The van der Waals surface area contributed by atoms with Gasteiger partial charge >= 0.3 is 0 Å². The zero-order valence-electron chi connectivity index (χ0n) is 14.6. The first-order chi connectivity index (χ1) is 11.5. The number of hydrogen-bond donors (Lipinski definition) is 0. The minimum absolute atomic E-state index is 0.0473. The van der Waals surface area contributed by atoms with Crippen molar-refractivity contribution >= 4 is 23.6 Å². The molecule has 6 nitrogen and oxygen atoms in total. The van der Waals surface area contributed by atoms with Gasteiger partial charge in [-0.15, -0.1) is 0 Å². The van der Waals surface area contributed by atoms with E-state index in [2.05, 4.69) is 0 Å². The molecule has 0 aromatic heterocycles. The van der Waals surface area contributed by atoms with Gasteiger partial charge in [0.1, 0.15) is 11.5 Å². The zero-order valence-corrected chi connectivity index (χ0v) is 15.4. The fourth-order valence-electron chi connectivity index (χ4n) is 2.63. The van der Waals surface area contributed by atoms with Crippen LogP contribution in [0.4, 0.5) is 0 Å². The van der Waals surface area contributed by atoms with E-state index in [0.29, 0.717) is 43.2 Å². The number of rotatable bonds is 5. The molecule has 1 aliphatic heterocycles. The number of amides is 2. The molecular formula is C17H24N2O4S. The van der Waals surface area contributed by atoms with Crippen LogP contribution in [0.1, 0.15) is 17.3 Å². The highest BCUT2D eigenvalue weighted by molar-refractivity contribution is 7.99. The monoisotopic (exact) mass is 352 g/mol. The Balaban J connectivity index is 2.04. The van der Waals surface area contributed by atoms with E-state index in [1.807, 2.05) is 18.1 Å². The Kier molecular flexibility index (Phi) is 6.36. The average molecular weight is 352 g/mol. The summed E-state index contributed by atoms with van der Waals surface area (Å²) in [6, 6.07) is 5.16. The molecule has 0 N–H and O–H groups in total. The van der Waals surface area contributed by atoms with Crippen molar-refractivity contribution < 1.29 is 19.1 Å². The molecule has 24 heavy (non-hydrogen) atoms. The van der Waals surface area contributed by atoms with E-state index >= 15 is 0 Å². The lowest BCUT2D eigenvalue weighted by Crippen LogP contribution is -2.52. The van der Waals surface area contributed by atoms with E-state index in [1.54, 1.807) is 30.2 Å². The van der Waals surface area contributed by atoms with Gasteiger partial charge in [0.25, 0.3) is 5.91 Å². The van der Waals surface area contributed by atoms with Gasteiger partial charge in [-0.1, -0.05) is 0 Å². The second-order valence-corrected chi connectivity index (χ2v) is 6.74. The second kappa shape index (κ2) is 8.28. The van der Waals surface area contributed by atoms with E-state index in [4.69, 9.17) is 9.47 Å². The summed E-state index contributed by atoms with van der Waals surface area (Å²) < 4.78 is 10.5. The molecule has 7 heteroatoms. The maximum Gasteiger partial charge on any atom is 0.257 e. The third-order valence-corrected chi connectivity index (χ3v) is 5.13. The minimum atomic E-state index is -0.0838. The molecule has 0 bridgehead atoms. The van der Waals surface area contributed by atoms with E-state index in [0.717, 1.165) is 0 Å². The van der Waals surface area contributed by atoms with Gasteiger partial charge in [-0.05, 0) is 25.3 Å². The molecule has 1 saturated heterocycles. The number of carbonyl (C=O) groups is 2. The molecule has 1 aromatic rings. The van der Waals surface area contributed by atoms with Crippen LogP contribution in [-0.2, 0) is 4.79 Å². The van der Waals surface area contributed by atoms with Crippen LogP contribution in [0.25, 0.3) is 0 Å². The van der Waals surface area contributed by atoms with Gasteiger partial charge in [0.15, 0.2) is 0 Å². The molecular weight excluding hydrogens is 328 g/mol. The highest BCUT2D eigenvalue weighted by atomic mass is 32.2. The van der Waals surface area contributed by atoms with Gasteiger partial charge in [0, 0.05) is 32.2 Å². The smallest absolute Gasteiger partial charge is 0.257 e. The van der Waals surface area contributed by atoms with Crippen LogP contribution in [0.3, 0.4) is 0 Å². The Bertz CT molecular complexity index is 600. The van der Waals surface area contributed by atoms with Crippen molar-refractivity contribution in [2.45, 2.75) is 12.2 Å². The third kappa shape index (κ3) is 3.95. The van der Waals surface area contributed by atoms with E-state index in [-0.39, 0.29) is 17.1 Å². The number of thioether (sulfide) groups is 1. The van der Waals surface area contributed by atoms with Gasteiger partial charge in [-0.3, -0.25) is 9.59 Å². The largest absolute Gasteiger partial charge is 0.497 e. The number of nitrogens with zero attached hydrogens (tertiary/aromatic N) is 2. The molecule has 0 aliphatic carbocycles. The highest BCUT2D eigenvalue weighted by Gasteiger charge is 2.28. The van der Waals surface area contributed by atoms with Crippen molar-refractivity contribution in [3.05, 3.63) is 23.8 Å². The SMILES string of the molecule is COc1ccc(C(=O)N2CCN(C(=O)[C@@H](C)SC)CC2)c(OC)c1. The summed E-state index contributed by atoms with van der Waals surface area (Å²) in [5.74, 6) is 1.19. The molecule has 0 spiro atoms. The standard InChI is InChI=1S/C17H24N2O4S/c1-12(24-4)16(20)18-7-9-19(10-8-18)17(21)14-6-5-13(22-2)11-15(14)23-3/h5-6,11-12H,7-10H2,1-4H3/t12-/m1/s1. The number of hydrogen-bond acceptors (Lipinski definition) is 5. The lowest BCUT2D eigenvalue weighted by molar-refractivity contribution is -0.131. The fourth-order valence-corrected chi connectivity index (χ4v) is 2.98. The van der Waals surface area contributed by atoms with Crippen LogP contribution in [0.2, 0.25) is 0 Å². The predicted octanol–water partition coefficient (Wildman–Crippen LogP) is 1.74. The molecule has 1 aromatic carbocycles. The van der Waals surface area contributed by atoms with Gasteiger partial charge < -0.3 is 19.3 Å². The van der Waals surface area contributed by atoms with Gasteiger partial charge in [0.05, 0.1) is 25.0 Å². The van der Waals surface area contributed by atoms with Crippen LogP contribution < -0.4 is 9.47 Å². The molecule has 1 atom stereocenters. The number of methoxy groups -OCH3 is 2. The maximum atomic E-state index is 12.7. The van der Waals surface area contributed by atoms with Crippen LogP contribution in [0, 0.1) is 0 Å². The summed E-state index contributed by atoms with van der Waals surface area (Å²) in [6.07, 6.45) is 1.93. The normalized spacial score (nSPS) is 15.8. The number of benzene rings is 1. The summed E-state index contributed by atoms with van der Waals surface area (Å²) in [6.45, 7) is 4.09. The van der Waals surface area contributed by atoms with Crippen molar-refractivity contribution in [2.24, 2.45) is 0 Å². The van der Waals surface area contributed by atoms with Crippen LogP contribution in [0.5, 0.6) is 11.5 Å². The quantitative estimate of drug-likeness (QED) is 0.808. The Hall–Kier alpha value is -1.89. The summed E-state index contributed by atoms with van der Waals surface area (Å²) in [5, 5.41) is -0.0473. The zero-order chi connectivity index (χ0) is 17.7. The lowest BCUT2D eigenvalue weighted by atomic mass is 10.1. The Labute approximate surface area is 147 Å². The summed E-state index contributed by atoms with van der Waals surface area (Å²) in [5.41, 5.74) is 0.510. The highest BCUT2D eigenvalue weighted by Crippen LogP contribution is 2.26. The summed E-state index contributed by atoms with van der Waals surface area (Å²) in [7, 11) is 3.11. The molecule has 132 valence electrons. The number of piperazine rings is 1. The van der Waals surface area contributed by atoms with Gasteiger partial charge in [-0.2, -0.15) is 11.8 Å². The Morgan fingerprint density at radius 3 is 2.25 bits per heavy atom. The van der Waals surface area contributed by atoms with E-state index in [9.17, 15) is 9.59 Å². The fraction of sp³-hybridized carbons (Fsp3) is 0.529. The molecule has 0 radical (unpaired) electrons. The van der Waals surface area contributed by atoms with Gasteiger partial charge in [0.2, 0.25) is 5.91 Å². The van der Waals surface area contributed by atoms with Crippen LogP contribution in [0.15, 0.2) is 18.2 Å². The van der Waals surface area contributed by atoms with Crippen molar-refractivity contribution in [3.8, 4) is 11.5 Å². The average Bonchev–Trinajstić information content (AvgIpc) is 2.65. The first-order valence-corrected chi connectivity index (χ1v) is 9.13. The van der Waals surface area contributed by atoms with Gasteiger partial charge in [-0.25, -0.2) is 0 Å². The first kappa shape index (κ1) is 18.4. The predicted molar refractivity (Wildman–Crippen MR) is 95.0 cm³/mol. The molecule has 1 fully saturated rings. The Morgan fingerprint density at radius 2 is 1.71 bits per heavy atom. The maximum absolute atomic E-state index is 12.7. The topological polar surface area (TPSA) is 59.1 Å². The van der Waals surface area contributed by atoms with E-state index < -0.39 is 0 Å². The second-order valence-electron chi connectivity index (χ2n) is 5.56. The minimum Gasteiger partial charge on any atom is -0.497 e. The van der Waals surface area contributed by atoms with Crippen molar-refractivity contribution in [1.82, 2.24) is 9.80 Å². The molecule has 1 aliphatic rings. The summed E-state index contributed by atoms with van der Waals surface area (Å²) in [4.78, 5) is 28.5.